The number of halogens is 3. The Balaban J connectivity index is 0.00000171. The van der Waals surface area contributed by atoms with Crippen molar-refractivity contribution in [2.45, 2.75) is 44.1 Å². The summed E-state index contributed by atoms with van der Waals surface area (Å²) in [5.74, 6) is 0. The Bertz CT molecular complexity index is 1080. The van der Waals surface area contributed by atoms with Crippen molar-refractivity contribution < 1.29 is 10.2 Å². The van der Waals surface area contributed by atoms with Crippen LogP contribution in [0, 0.1) is 0 Å². The maximum Gasteiger partial charge on any atom is 0.279 e. The van der Waals surface area contributed by atoms with Gasteiger partial charge in [-0.2, -0.15) is 0 Å². The lowest BCUT2D eigenvalue weighted by Crippen LogP contribution is -2.47. The van der Waals surface area contributed by atoms with E-state index in [9.17, 15) is 15.0 Å². The summed E-state index contributed by atoms with van der Waals surface area (Å²) in [5.41, 5.74) is 1.87. The van der Waals surface area contributed by atoms with Crippen LogP contribution >= 0.6 is 36.4 Å². The molecule has 0 saturated carbocycles. The highest BCUT2D eigenvalue weighted by atomic mass is 35.5. The Morgan fingerprint density at radius 2 is 2.06 bits per heavy atom. The van der Waals surface area contributed by atoms with E-state index in [2.05, 4.69) is 15.3 Å². The topological polar surface area (TPSA) is 100 Å². The molecule has 3 N–H and O–H groups in total. The van der Waals surface area contributed by atoms with Gasteiger partial charge in [-0.25, -0.2) is 9.97 Å². The first kappa shape index (κ1) is 25.5. The molecule has 0 amide bonds. The number of fused-ring (bicyclic) bond motifs is 1. The van der Waals surface area contributed by atoms with E-state index >= 15 is 0 Å². The summed E-state index contributed by atoms with van der Waals surface area (Å²) in [6.07, 6.45) is 2.17. The van der Waals surface area contributed by atoms with E-state index < -0.39 is 12.2 Å². The molecule has 1 aromatic carbocycles. The predicted molar refractivity (Wildman–Crippen MR) is 126 cm³/mol. The van der Waals surface area contributed by atoms with Gasteiger partial charge in [0.25, 0.3) is 5.56 Å². The summed E-state index contributed by atoms with van der Waals surface area (Å²) in [4.78, 5) is 21.7. The Labute approximate surface area is 197 Å². The van der Waals surface area contributed by atoms with Crippen molar-refractivity contribution in [1.29, 1.82) is 0 Å². The standard InChI is InChI=1S/C21H23ClN4O3.2ClH/c22-14-4-1-3-13(9-14)16-6-7-17-20(25-16)21(29)26(12-24-17)11-15(27)10-18-19(28)5-2-8-23-18;;/h1,3-4,6-7,9,12,15,18-19,23,27-28H,2,5,8,10-11H2;2*1H/t15?,18-,19+;;/m1../s1. The number of piperidine rings is 1. The molecule has 1 saturated heterocycles. The first-order valence-corrected chi connectivity index (χ1v) is 10.1. The molecule has 1 aliphatic heterocycles. The van der Waals surface area contributed by atoms with Crippen molar-refractivity contribution in [2.24, 2.45) is 0 Å². The zero-order chi connectivity index (χ0) is 20.4. The first-order valence-electron chi connectivity index (χ1n) is 9.73. The second-order valence-electron chi connectivity index (χ2n) is 7.44. The molecule has 10 heteroatoms. The summed E-state index contributed by atoms with van der Waals surface area (Å²) in [6.45, 7) is 0.915. The van der Waals surface area contributed by atoms with Crippen molar-refractivity contribution >= 4 is 47.4 Å². The first-order chi connectivity index (χ1) is 14.0. The van der Waals surface area contributed by atoms with E-state index in [0.717, 1.165) is 24.9 Å². The molecule has 0 bridgehead atoms. The number of benzene rings is 1. The summed E-state index contributed by atoms with van der Waals surface area (Å²) in [7, 11) is 0. The number of hydrogen-bond acceptors (Lipinski definition) is 6. The van der Waals surface area contributed by atoms with Crippen LogP contribution in [0.2, 0.25) is 5.02 Å². The van der Waals surface area contributed by atoms with Crippen molar-refractivity contribution in [3.05, 3.63) is 58.1 Å². The molecular weight excluding hydrogens is 463 g/mol. The highest BCUT2D eigenvalue weighted by molar-refractivity contribution is 6.30. The minimum Gasteiger partial charge on any atom is -0.392 e. The highest BCUT2D eigenvalue weighted by Crippen LogP contribution is 2.22. The summed E-state index contributed by atoms with van der Waals surface area (Å²) >= 11 is 6.06. The summed E-state index contributed by atoms with van der Waals surface area (Å²) in [5, 5.41) is 24.3. The summed E-state index contributed by atoms with van der Waals surface area (Å²) in [6, 6.07) is 10.7. The Morgan fingerprint density at radius 1 is 1.26 bits per heavy atom. The van der Waals surface area contributed by atoms with Gasteiger partial charge in [0.15, 0.2) is 5.52 Å². The van der Waals surface area contributed by atoms with E-state index in [1.165, 1.54) is 10.9 Å². The van der Waals surface area contributed by atoms with E-state index in [-0.39, 0.29) is 48.5 Å². The number of aromatic nitrogens is 3. The molecular formula is C21H25Cl3N4O3. The van der Waals surface area contributed by atoms with E-state index in [1.54, 1.807) is 24.3 Å². The second-order valence-corrected chi connectivity index (χ2v) is 7.87. The molecule has 168 valence electrons. The minimum absolute atomic E-state index is 0. The smallest absolute Gasteiger partial charge is 0.279 e. The average Bonchev–Trinajstić information content (AvgIpc) is 2.72. The van der Waals surface area contributed by atoms with E-state index in [0.29, 0.717) is 22.7 Å². The monoisotopic (exact) mass is 486 g/mol. The van der Waals surface area contributed by atoms with Crippen LogP contribution in [0.4, 0.5) is 0 Å². The maximum atomic E-state index is 12.9. The van der Waals surface area contributed by atoms with Gasteiger partial charge in [0.2, 0.25) is 0 Å². The second kappa shape index (κ2) is 11.2. The van der Waals surface area contributed by atoms with Crippen LogP contribution in [0.3, 0.4) is 0 Å². The quantitative estimate of drug-likeness (QED) is 0.512. The molecule has 2 aromatic heterocycles. The van der Waals surface area contributed by atoms with Crippen LogP contribution in [0.15, 0.2) is 47.5 Å². The maximum absolute atomic E-state index is 12.9. The van der Waals surface area contributed by atoms with Crippen molar-refractivity contribution in [3.8, 4) is 11.3 Å². The molecule has 7 nitrogen and oxygen atoms in total. The fourth-order valence-electron chi connectivity index (χ4n) is 3.74. The molecule has 1 fully saturated rings. The number of nitrogens with one attached hydrogen (secondary N) is 1. The summed E-state index contributed by atoms with van der Waals surface area (Å²) < 4.78 is 1.37. The molecule has 0 radical (unpaired) electrons. The molecule has 1 unspecified atom stereocenters. The van der Waals surface area contributed by atoms with Crippen LogP contribution in [-0.4, -0.2) is 49.5 Å². The number of pyridine rings is 1. The fraction of sp³-hybridized carbons (Fsp3) is 0.381. The van der Waals surface area contributed by atoms with E-state index in [4.69, 9.17) is 11.6 Å². The normalized spacial score (nSPS) is 19.3. The molecule has 0 spiro atoms. The molecule has 31 heavy (non-hydrogen) atoms. The molecule has 3 heterocycles. The third-order valence-electron chi connectivity index (χ3n) is 5.28. The Morgan fingerprint density at radius 3 is 2.81 bits per heavy atom. The van der Waals surface area contributed by atoms with Gasteiger partial charge in [-0.05, 0) is 50.1 Å². The lowest BCUT2D eigenvalue weighted by molar-refractivity contribution is 0.0539. The number of rotatable bonds is 5. The van der Waals surface area contributed by atoms with Gasteiger partial charge in [-0.15, -0.1) is 24.8 Å². The van der Waals surface area contributed by atoms with Crippen LogP contribution in [0.1, 0.15) is 19.3 Å². The Kier molecular flexibility index (Phi) is 9.24. The molecule has 1 aliphatic rings. The number of aliphatic hydroxyl groups excluding tert-OH is 2. The van der Waals surface area contributed by atoms with Crippen LogP contribution in [0.5, 0.6) is 0 Å². The van der Waals surface area contributed by atoms with Gasteiger partial charge in [-0.1, -0.05) is 23.7 Å². The number of aliphatic hydroxyl groups is 2. The van der Waals surface area contributed by atoms with Crippen molar-refractivity contribution in [3.63, 3.8) is 0 Å². The van der Waals surface area contributed by atoms with Gasteiger partial charge in [0.05, 0.1) is 36.3 Å². The van der Waals surface area contributed by atoms with Crippen LogP contribution < -0.4 is 10.9 Å². The third-order valence-corrected chi connectivity index (χ3v) is 5.51. The minimum atomic E-state index is -0.784. The van der Waals surface area contributed by atoms with Gasteiger partial charge < -0.3 is 15.5 Å². The largest absolute Gasteiger partial charge is 0.392 e. The van der Waals surface area contributed by atoms with Crippen molar-refractivity contribution in [1.82, 2.24) is 19.9 Å². The van der Waals surface area contributed by atoms with Gasteiger partial charge in [-0.3, -0.25) is 9.36 Å². The molecule has 3 atom stereocenters. The lowest BCUT2D eigenvalue weighted by Gasteiger charge is -2.30. The van der Waals surface area contributed by atoms with Gasteiger partial charge >= 0.3 is 0 Å². The molecule has 0 aliphatic carbocycles. The number of hydrogen-bond donors (Lipinski definition) is 3. The van der Waals surface area contributed by atoms with Gasteiger partial charge in [0.1, 0.15) is 0 Å². The average molecular weight is 488 g/mol. The van der Waals surface area contributed by atoms with Crippen LogP contribution in [-0.2, 0) is 6.54 Å². The predicted octanol–water partition coefficient (Wildman–Crippen LogP) is 2.82. The van der Waals surface area contributed by atoms with Crippen LogP contribution in [0.25, 0.3) is 22.3 Å². The third kappa shape index (κ3) is 5.94. The Hall–Kier alpha value is -1.74. The number of nitrogens with zero attached hydrogens (tertiary/aromatic N) is 3. The SMILES string of the molecule is Cl.Cl.O=c1c2nc(-c3cccc(Cl)c3)ccc2ncn1CC(O)C[C@H]1NCCC[C@@H]1O. The zero-order valence-corrected chi connectivity index (χ0v) is 19.0. The zero-order valence-electron chi connectivity index (χ0n) is 16.6. The fourth-order valence-corrected chi connectivity index (χ4v) is 3.93. The van der Waals surface area contributed by atoms with E-state index in [1.807, 2.05) is 12.1 Å². The molecule has 4 rings (SSSR count). The highest BCUT2D eigenvalue weighted by Gasteiger charge is 2.25. The lowest BCUT2D eigenvalue weighted by atomic mass is 9.96. The van der Waals surface area contributed by atoms with Crippen molar-refractivity contribution in [2.75, 3.05) is 6.54 Å². The molecule has 3 aromatic rings. The van der Waals surface area contributed by atoms with Gasteiger partial charge in [0, 0.05) is 16.6 Å².